The van der Waals surface area contributed by atoms with Crippen LogP contribution in [0.4, 0.5) is 5.69 Å². The fourth-order valence-corrected chi connectivity index (χ4v) is 6.08. The molecule has 0 saturated carbocycles. The lowest BCUT2D eigenvalue weighted by Crippen LogP contribution is -2.46. The van der Waals surface area contributed by atoms with E-state index in [1.807, 2.05) is 13.0 Å². The molecule has 1 aliphatic rings. The van der Waals surface area contributed by atoms with Crippen LogP contribution in [0.1, 0.15) is 31.9 Å². The molecule has 0 N–H and O–H groups in total. The lowest BCUT2D eigenvalue weighted by Gasteiger charge is -2.32. The van der Waals surface area contributed by atoms with Crippen LogP contribution in [0.15, 0.2) is 83.8 Å². The smallest absolute Gasteiger partial charge is 0.252 e. The first kappa shape index (κ1) is 24.9. The van der Waals surface area contributed by atoms with Crippen LogP contribution < -0.4 is 9.64 Å². The van der Waals surface area contributed by atoms with E-state index < -0.39 is 33.9 Å². The van der Waals surface area contributed by atoms with Crippen molar-refractivity contribution in [1.82, 2.24) is 4.31 Å². The minimum absolute atomic E-state index is 0.00977. The summed E-state index contributed by atoms with van der Waals surface area (Å²) >= 11 is 5.96. The van der Waals surface area contributed by atoms with Gasteiger partial charge in [0.25, 0.3) is 5.91 Å². The van der Waals surface area contributed by atoms with Gasteiger partial charge in [0.2, 0.25) is 15.9 Å². The Kier molecular flexibility index (Phi) is 7.25. The highest BCUT2D eigenvalue weighted by molar-refractivity contribution is 7.89. The molecular formula is C26H25ClN2O5S. The molecule has 1 saturated heterocycles. The molecule has 1 aliphatic heterocycles. The average molecular weight is 513 g/mol. The largest absolute Gasteiger partial charge is 0.494 e. The maximum absolute atomic E-state index is 13.8. The molecule has 4 rings (SSSR count). The number of nitrogens with zero attached hydrogens (tertiary/aromatic N) is 2. The number of ether oxygens (including phenoxy) is 1. The van der Waals surface area contributed by atoms with E-state index in [1.54, 1.807) is 55.5 Å². The molecule has 2 atom stereocenters. The molecule has 0 aromatic heterocycles. The number of sulfonamides is 1. The number of benzene rings is 3. The van der Waals surface area contributed by atoms with Crippen molar-refractivity contribution in [3.8, 4) is 5.75 Å². The summed E-state index contributed by atoms with van der Waals surface area (Å²) < 4.78 is 34.3. The molecule has 7 nitrogen and oxygen atoms in total. The van der Waals surface area contributed by atoms with E-state index in [2.05, 4.69) is 0 Å². The van der Waals surface area contributed by atoms with Crippen molar-refractivity contribution in [2.24, 2.45) is 0 Å². The summed E-state index contributed by atoms with van der Waals surface area (Å²) in [5, 5.41) is 0.389. The van der Waals surface area contributed by atoms with Crippen LogP contribution in [0.5, 0.6) is 5.75 Å². The first-order valence-electron chi connectivity index (χ1n) is 11.2. The van der Waals surface area contributed by atoms with E-state index in [1.165, 1.54) is 24.3 Å². The molecule has 2 unspecified atom stereocenters. The number of anilines is 1. The molecule has 3 aromatic carbocycles. The van der Waals surface area contributed by atoms with E-state index in [0.29, 0.717) is 28.6 Å². The Morgan fingerprint density at radius 2 is 1.63 bits per heavy atom. The standard InChI is InChI=1S/C26H25ClN2O5S/c1-3-34-22-13-11-21(12-14-22)28-25(30)17-24(26(28)31)29(18(2)19-7-5-4-6-8-19)35(32,33)23-15-9-20(27)10-16-23/h4-16,18,24H,3,17H2,1-2H3. The van der Waals surface area contributed by atoms with Crippen LogP contribution in [-0.4, -0.2) is 37.2 Å². The van der Waals surface area contributed by atoms with E-state index in [0.717, 1.165) is 9.21 Å². The number of carbonyl (C=O) groups excluding carboxylic acids is 2. The van der Waals surface area contributed by atoms with Gasteiger partial charge < -0.3 is 4.74 Å². The first-order valence-corrected chi connectivity index (χ1v) is 13.0. The zero-order chi connectivity index (χ0) is 25.2. The lowest BCUT2D eigenvalue weighted by molar-refractivity contribution is -0.122. The number of rotatable bonds is 8. The van der Waals surface area contributed by atoms with Crippen LogP contribution in [0, 0.1) is 0 Å². The fourth-order valence-electron chi connectivity index (χ4n) is 4.20. The van der Waals surface area contributed by atoms with E-state index in [-0.39, 0.29) is 11.3 Å². The second-order valence-electron chi connectivity index (χ2n) is 8.09. The van der Waals surface area contributed by atoms with Gasteiger partial charge in [-0.05, 0) is 67.9 Å². The molecule has 35 heavy (non-hydrogen) atoms. The molecule has 1 fully saturated rings. The van der Waals surface area contributed by atoms with Crippen LogP contribution in [-0.2, 0) is 19.6 Å². The summed E-state index contributed by atoms with van der Waals surface area (Å²) in [4.78, 5) is 27.6. The maximum atomic E-state index is 13.8. The summed E-state index contributed by atoms with van der Waals surface area (Å²) in [6.45, 7) is 4.05. The molecular weight excluding hydrogens is 488 g/mol. The Bertz CT molecular complexity index is 1310. The zero-order valence-electron chi connectivity index (χ0n) is 19.3. The molecule has 2 amide bonds. The van der Waals surface area contributed by atoms with Crippen molar-refractivity contribution in [3.63, 3.8) is 0 Å². The molecule has 3 aromatic rings. The quantitative estimate of drug-likeness (QED) is 0.404. The highest BCUT2D eigenvalue weighted by atomic mass is 35.5. The number of imide groups is 1. The number of hydrogen-bond acceptors (Lipinski definition) is 5. The van der Waals surface area contributed by atoms with Gasteiger partial charge in [0.1, 0.15) is 11.8 Å². The third kappa shape index (κ3) is 4.96. The predicted octanol–water partition coefficient (Wildman–Crippen LogP) is 4.82. The Morgan fingerprint density at radius 1 is 1.00 bits per heavy atom. The Hall–Kier alpha value is -3.20. The SMILES string of the molecule is CCOc1ccc(N2C(=O)CC(N(C(C)c3ccccc3)S(=O)(=O)c3ccc(Cl)cc3)C2=O)cc1. The van der Waals surface area contributed by atoms with Gasteiger partial charge in [0.15, 0.2) is 0 Å². The molecule has 0 bridgehead atoms. The van der Waals surface area contributed by atoms with Crippen molar-refractivity contribution in [2.75, 3.05) is 11.5 Å². The van der Waals surface area contributed by atoms with Gasteiger partial charge in [-0.25, -0.2) is 13.3 Å². The summed E-state index contributed by atoms with van der Waals surface area (Å²) in [6, 6.07) is 19.4. The maximum Gasteiger partial charge on any atom is 0.252 e. The monoisotopic (exact) mass is 512 g/mol. The van der Waals surface area contributed by atoms with Crippen molar-refractivity contribution in [3.05, 3.63) is 89.4 Å². The van der Waals surface area contributed by atoms with Crippen LogP contribution in [0.25, 0.3) is 0 Å². The molecule has 182 valence electrons. The number of carbonyl (C=O) groups is 2. The van der Waals surface area contributed by atoms with Crippen LogP contribution in [0.3, 0.4) is 0 Å². The summed E-state index contributed by atoms with van der Waals surface area (Å²) in [5.41, 5.74) is 1.06. The normalized spacial score (nSPS) is 17.1. The highest BCUT2D eigenvalue weighted by Crippen LogP contribution is 2.36. The van der Waals surface area contributed by atoms with E-state index in [4.69, 9.17) is 16.3 Å². The van der Waals surface area contributed by atoms with Gasteiger partial charge in [-0.2, -0.15) is 4.31 Å². The first-order chi connectivity index (χ1) is 16.7. The Balaban J connectivity index is 1.75. The number of halogens is 1. The summed E-state index contributed by atoms with van der Waals surface area (Å²) in [6.07, 6.45) is -0.268. The van der Waals surface area contributed by atoms with Gasteiger partial charge in [-0.15, -0.1) is 0 Å². The van der Waals surface area contributed by atoms with Gasteiger partial charge in [-0.3, -0.25) is 9.59 Å². The van der Waals surface area contributed by atoms with Crippen LogP contribution in [0.2, 0.25) is 5.02 Å². The van der Waals surface area contributed by atoms with Crippen molar-refractivity contribution in [1.29, 1.82) is 0 Å². The van der Waals surface area contributed by atoms with Gasteiger partial charge in [0, 0.05) is 11.1 Å². The molecule has 1 heterocycles. The Morgan fingerprint density at radius 3 is 2.23 bits per heavy atom. The summed E-state index contributed by atoms with van der Waals surface area (Å²) in [7, 11) is -4.17. The molecule has 0 radical (unpaired) electrons. The topological polar surface area (TPSA) is 84.0 Å². The third-order valence-electron chi connectivity index (χ3n) is 5.89. The number of hydrogen-bond donors (Lipinski definition) is 0. The fraction of sp³-hybridized carbons (Fsp3) is 0.231. The van der Waals surface area contributed by atoms with E-state index in [9.17, 15) is 18.0 Å². The minimum Gasteiger partial charge on any atom is -0.494 e. The minimum atomic E-state index is -4.17. The summed E-state index contributed by atoms with van der Waals surface area (Å²) in [5.74, 6) is -0.461. The van der Waals surface area contributed by atoms with Gasteiger partial charge in [-0.1, -0.05) is 41.9 Å². The van der Waals surface area contributed by atoms with Crippen molar-refractivity contribution >= 4 is 39.1 Å². The second-order valence-corrected chi connectivity index (χ2v) is 10.4. The second kappa shape index (κ2) is 10.2. The highest BCUT2D eigenvalue weighted by Gasteiger charge is 2.48. The third-order valence-corrected chi connectivity index (χ3v) is 8.13. The number of amides is 2. The predicted molar refractivity (Wildman–Crippen MR) is 134 cm³/mol. The van der Waals surface area contributed by atoms with Gasteiger partial charge in [0.05, 0.1) is 23.6 Å². The van der Waals surface area contributed by atoms with Gasteiger partial charge >= 0.3 is 0 Å². The average Bonchev–Trinajstić information content (AvgIpc) is 3.14. The molecule has 0 aliphatic carbocycles. The van der Waals surface area contributed by atoms with Crippen molar-refractivity contribution in [2.45, 2.75) is 37.2 Å². The van der Waals surface area contributed by atoms with E-state index >= 15 is 0 Å². The van der Waals surface area contributed by atoms with Crippen LogP contribution >= 0.6 is 11.6 Å². The zero-order valence-corrected chi connectivity index (χ0v) is 20.9. The lowest BCUT2D eigenvalue weighted by atomic mass is 10.1. The molecule has 9 heteroatoms. The Labute approximate surface area is 209 Å². The molecule has 0 spiro atoms. The van der Waals surface area contributed by atoms with Crippen molar-refractivity contribution < 1.29 is 22.7 Å².